The maximum atomic E-state index is 11.5. The summed E-state index contributed by atoms with van der Waals surface area (Å²) in [6.07, 6.45) is 2.98. The number of rotatable bonds is 3. The fourth-order valence-electron chi connectivity index (χ4n) is 1.75. The Labute approximate surface area is 108 Å². The molecule has 0 spiro atoms. The molecule has 2 nitrogen and oxygen atoms in total. The van der Waals surface area contributed by atoms with Gasteiger partial charge in [0.2, 0.25) is 0 Å². The van der Waals surface area contributed by atoms with Crippen molar-refractivity contribution in [1.82, 2.24) is 0 Å². The van der Waals surface area contributed by atoms with E-state index in [1.165, 1.54) is 6.26 Å². The monoisotopic (exact) mass is 258 g/mol. The Morgan fingerprint density at radius 1 is 1.00 bits per heavy atom. The Kier molecular flexibility index (Phi) is 3.34. The zero-order chi connectivity index (χ0) is 13.2. The van der Waals surface area contributed by atoms with Crippen molar-refractivity contribution in [3.8, 4) is 11.1 Å². The third-order valence-corrected chi connectivity index (χ3v) is 3.83. The van der Waals surface area contributed by atoms with Crippen molar-refractivity contribution in [2.45, 2.75) is 4.90 Å². The molecule has 2 aromatic carbocycles. The molecule has 0 aliphatic rings. The van der Waals surface area contributed by atoms with E-state index in [9.17, 15) is 8.42 Å². The van der Waals surface area contributed by atoms with Crippen LogP contribution in [0.5, 0.6) is 0 Å². The summed E-state index contributed by atoms with van der Waals surface area (Å²) in [5, 5.41) is 0. The van der Waals surface area contributed by atoms with Gasteiger partial charge in [0.05, 0.1) is 4.90 Å². The number of hydrogen-bond donors (Lipinski definition) is 0. The van der Waals surface area contributed by atoms with Gasteiger partial charge in [-0.15, -0.1) is 0 Å². The van der Waals surface area contributed by atoms with E-state index in [0.29, 0.717) is 4.90 Å². The highest BCUT2D eigenvalue weighted by atomic mass is 32.2. The van der Waals surface area contributed by atoms with E-state index >= 15 is 0 Å². The molecule has 0 aliphatic heterocycles. The summed E-state index contributed by atoms with van der Waals surface area (Å²) < 4.78 is 23.0. The number of hydrogen-bond acceptors (Lipinski definition) is 2. The van der Waals surface area contributed by atoms with Crippen LogP contribution in [0.4, 0.5) is 0 Å². The Morgan fingerprint density at radius 2 is 1.61 bits per heavy atom. The zero-order valence-electron chi connectivity index (χ0n) is 10.1. The Balaban J connectivity index is 2.54. The second kappa shape index (κ2) is 4.78. The van der Waals surface area contributed by atoms with Crippen LogP contribution in [-0.2, 0) is 9.84 Å². The minimum atomic E-state index is -3.17. The summed E-state index contributed by atoms with van der Waals surface area (Å²) in [6.45, 7) is 3.73. The van der Waals surface area contributed by atoms with E-state index in [4.69, 9.17) is 0 Å². The van der Waals surface area contributed by atoms with Crippen LogP contribution in [0.1, 0.15) is 5.56 Å². The topological polar surface area (TPSA) is 34.1 Å². The highest BCUT2D eigenvalue weighted by Gasteiger charge is 2.08. The van der Waals surface area contributed by atoms with Gasteiger partial charge in [-0.25, -0.2) is 8.42 Å². The molecule has 0 atom stereocenters. The molecular formula is C15H14O2S. The SMILES string of the molecule is C=Cc1cccc(-c2cccc(S(C)(=O)=O)c2)c1. The number of benzene rings is 2. The van der Waals surface area contributed by atoms with Crippen LogP contribution in [0, 0.1) is 0 Å². The molecule has 0 radical (unpaired) electrons. The summed E-state index contributed by atoms with van der Waals surface area (Å²) >= 11 is 0. The Bertz CT molecular complexity index is 685. The predicted molar refractivity (Wildman–Crippen MR) is 75.1 cm³/mol. The first-order valence-electron chi connectivity index (χ1n) is 5.54. The van der Waals surface area contributed by atoms with E-state index < -0.39 is 9.84 Å². The summed E-state index contributed by atoms with van der Waals surface area (Å²) in [7, 11) is -3.17. The third-order valence-electron chi connectivity index (χ3n) is 2.72. The minimum absolute atomic E-state index is 0.337. The normalized spacial score (nSPS) is 11.2. The van der Waals surface area contributed by atoms with Crippen LogP contribution in [0.15, 0.2) is 60.0 Å². The van der Waals surface area contributed by atoms with Crippen LogP contribution in [0.2, 0.25) is 0 Å². The van der Waals surface area contributed by atoms with E-state index in [1.54, 1.807) is 24.3 Å². The van der Waals surface area contributed by atoms with Gasteiger partial charge in [0.1, 0.15) is 0 Å². The van der Waals surface area contributed by atoms with Crippen molar-refractivity contribution in [3.05, 3.63) is 60.7 Å². The molecule has 0 amide bonds. The lowest BCUT2D eigenvalue weighted by Crippen LogP contribution is -1.96. The van der Waals surface area contributed by atoms with Crippen molar-refractivity contribution >= 4 is 15.9 Å². The standard InChI is InChI=1S/C15H14O2S/c1-3-12-6-4-7-13(10-12)14-8-5-9-15(11-14)18(2,16)17/h3-11H,1H2,2H3. The van der Waals surface area contributed by atoms with Crippen molar-refractivity contribution in [2.75, 3.05) is 6.26 Å². The molecule has 0 aliphatic carbocycles. The largest absolute Gasteiger partial charge is 0.224 e. The third kappa shape index (κ3) is 2.68. The van der Waals surface area contributed by atoms with Crippen LogP contribution in [-0.4, -0.2) is 14.7 Å². The van der Waals surface area contributed by atoms with E-state index in [-0.39, 0.29) is 0 Å². The summed E-state index contributed by atoms with van der Waals surface area (Å²) in [4.78, 5) is 0.337. The molecule has 18 heavy (non-hydrogen) atoms. The first-order chi connectivity index (χ1) is 8.50. The second-order valence-electron chi connectivity index (χ2n) is 4.13. The fraction of sp³-hybridized carbons (Fsp3) is 0.0667. The first kappa shape index (κ1) is 12.6. The minimum Gasteiger partial charge on any atom is -0.224 e. The molecule has 92 valence electrons. The average molecular weight is 258 g/mol. The van der Waals surface area contributed by atoms with Crippen molar-refractivity contribution < 1.29 is 8.42 Å². The first-order valence-corrected chi connectivity index (χ1v) is 7.43. The molecule has 3 heteroatoms. The van der Waals surface area contributed by atoms with Crippen LogP contribution >= 0.6 is 0 Å². The second-order valence-corrected chi connectivity index (χ2v) is 6.15. The van der Waals surface area contributed by atoms with Gasteiger partial charge in [-0.2, -0.15) is 0 Å². The van der Waals surface area contributed by atoms with Gasteiger partial charge >= 0.3 is 0 Å². The summed E-state index contributed by atoms with van der Waals surface area (Å²) in [5.41, 5.74) is 2.89. The quantitative estimate of drug-likeness (QED) is 0.845. The van der Waals surface area contributed by atoms with Gasteiger partial charge in [-0.05, 0) is 34.9 Å². The molecule has 2 rings (SSSR count). The van der Waals surface area contributed by atoms with Crippen molar-refractivity contribution in [1.29, 1.82) is 0 Å². The molecule has 0 saturated carbocycles. The lowest BCUT2D eigenvalue weighted by atomic mass is 10.0. The van der Waals surface area contributed by atoms with Crippen LogP contribution in [0.25, 0.3) is 17.2 Å². The molecule has 0 N–H and O–H groups in total. The van der Waals surface area contributed by atoms with Crippen LogP contribution in [0.3, 0.4) is 0 Å². The van der Waals surface area contributed by atoms with Gasteiger partial charge in [0.25, 0.3) is 0 Å². The Morgan fingerprint density at radius 3 is 2.22 bits per heavy atom. The average Bonchev–Trinajstić information content (AvgIpc) is 2.38. The molecule has 0 fully saturated rings. The lowest BCUT2D eigenvalue weighted by Gasteiger charge is -2.05. The smallest absolute Gasteiger partial charge is 0.175 e. The van der Waals surface area contributed by atoms with E-state index in [1.807, 2.05) is 30.3 Å². The van der Waals surface area contributed by atoms with Crippen LogP contribution < -0.4 is 0 Å². The number of sulfone groups is 1. The lowest BCUT2D eigenvalue weighted by molar-refractivity contribution is 0.602. The van der Waals surface area contributed by atoms with Gasteiger partial charge in [-0.3, -0.25) is 0 Å². The van der Waals surface area contributed by atoms with Gasteiger partial charge in [0, 0.05) is 6.26 Å². The molecule has 0 heterocycles. The zero-order valence-corrected chi connectivity index (χ0v) is 10.9. The highest BCUT2D eigenvalue weighted by Crippen LogP contribution is 2.23. The highest BCUT2D eigenvalue weighted by molar-refractivity contribution is 7.90. The molecular weight excluding hydrogens is 244 g/mol. The molecule has 0 unspecified atom stereocenters. The molecule has 0 aromatic heterocycles. The fourth-order valence-corrected chi connectivity index (χ4v) is 2.42. The molecule has 2 aromatic rings. The van der Waals surface area contributed by atoms with Gasteiger partial charge in [0.15, 0.2) is 9.84 Å². The van der Waals surface area contributed by atoms with Gasteiger partial charge < -0.3 is 0 Å². The summed E-state index contributed by atoms with van der Waals surface area (Å²) in [5.74, 6) is 0. The summed E-state index contributed by atoms with van der Waals surface area (Å²) in [6, 6.07) is 14.8. The molecule has 0 saturated heterocycles. The van der Waals surface area contributed by atoms with Gasteiger partial charge in [-0.1, -0.05) is 43.0 Å². The maximum absolute atomic E-state index is 11.5. The predicted octanol–water partition coefficient (Wildman–Crippen LogP) is 3.40. The maximum Gasteiger partial charge on any atom is 0.175 e. The van der Waals surface area contributed by atoms with E-state index in [2.05, 4.69) is 6.58 Å². The Hall–Kier alpha value is -1.87. The molecule has 0 bridgehead atoms. The van der Waals surface area contributed by atoms with E-state index in [0.717, 1.165) is 16.7 Å². The van der Waals surface area contributed by atoms with Crippen molar-refractivity contribution in [3.63, 3.8) is 0 Å². The van der Waals surface area contributed by atoms with Crippen molar-refractivity contribution in [2.24, 2.45) is 0 Å².